The molecule has 0 aliphatic rings. The largest absolute Gasteiger partial charge is 0.490 e. The monoisotopic (exact) mass is 275 g/mol. The van der Waals surface area contributed by atoms with Crippen LogP contribution in [0.15, 0.2) is 41.0 Å². The SMILES string of the molecule is COCCOc1ccc(NC(C)=O)cc1-c1ccco1. The van der Waals surface area contributed by atoms with E-state index in [0.29, 0.717) is 30.4 Å². The fraction of sp³-hybridized carbons (Fsp3) is 0.267. The average molecular weight is 275 g/mol. The van der Waals surface area contributed by atoms with Crippen molar-refractivity contribution in [1.82, 2.24) is 0 Å². The number of carbonyl (C=O) groups excluding carboxylic acids is 1. The van der Waals surface area contributed by atoms with E-state index in [0.717, 1.165) is 5.56 Å². The van der Waals surface area contributed by atoms with Crippen LogP contribution in [-0.2, 0) is 9.53 Å². The molecule has 1 aromatic carbocycles. The van der Waals surface area contributed by atoms with Gasteiger partial charge in [0.1, 0.15) is 18.1 Å². The van der Waals surface area contributed by atoms with Crippen LogP contribution in [-0.4, -0.2) is 26.2 Å². The number of hydrogen-bond acceptors (Lipinski definition) is 4. The van der Waals surface area contributed by atoms with Gasteiger partial charge in [-0.05, 0) is 30.3 Å². The zero-order valence-electron chi connectivity index (χ0n) is 11.5. The van der Waals surface area contributed by atoms with Gasteiger partial charge in [-0.2, -0.15) is 0 Å². The van der Waals surface area contributed by atoms with E-state index in [1.165, 1.54) is 6.92 Å². The van der Waals surface area contributed by atoms with Gasteiger partial charge in [0.05, 0.1) is 18.4 Å². The zero-order chi connectivity index (χ0) is 14.4. The molecule has 5 nitrogen and oxygen atoms in total. The van der Waals surface area contributed by atoms with Crippen molar-refractivity contribution in [3.63, 3.8) is 0 Å². The molecule has 2 rings (SSSR count). The summed E-state index contributed by atoms with van der Waals surface area (Å²) < 4.78 is 16.0. The van der Waals surface area contributed by atoms with E-state index in [4.69, 9.17) is 13.9 Å². The van der Waals surface area contributed by atoms with Crippen LogP contribution in [0.3, 0.4) is 0 Å². The molecule has 0 bridgehead atoms. The number of furan rings is 1. The summed E-state index contributed by atoms with van der Waals surface area (Å²) in [7, 11) is 1.62. The Labute approximate surface area is 117 Å². The maximum absolute atomic E-state index is 11.1. The molecule has 0 atom stereocenters. The lowest BCUT2D eigenvalue weighted by molar-refractivity contribution is -0.114. The number of amides is 1. The Balaban J connectivity index is 2.28. The van der Waals surface area contributed by atoms with Crippen molar-refractivity contribution in [2.45, 2.75) is 6.92 Å². The Bertz CT molecular complexity index is 563. The fourth-order valence-corrected chi connectivity index (χ4v) is 1.80. The van der Waals surface area contributed by atoms with Crippen LogP contribution in [0.25, 0.3) is 11.3 Å². The highest BCUT2D eigenvalue weighted by molar-refractivity contribution is 5.90. The number of rotatable bonds is 6. The number of anilines is 1. The first-order valence-electron chi connectivity index (χ1n) is 6.28. The third-order valence-corrected chi connectivity index (χ3v) is 2.63. The Morgan fingerprint density at radius 3 is 2.80 bits per heavy atom. The summed E-state index contributed by atoms with van der Waals surface area (Å²) in [5.41, 5.74) is 1.49. The van der Waals surface area contributed by atoms with E-state index in [-0.39, 0.29) is 5.91 Å². The number of methoxy groups -OCH3 is 1. The molecule has 106 valence electrons. The van der Waals surface area contributed by atoms with E-state index >= 15 is 0 Å². The summed E-state index contributed by atoms with van der Waals surface area (Å²) in [5.74, 6) is 1.25. The lowest BCUT2D eigenvalue weighted by atomic mass is 10.1. The van der Waals surface area contributed by atoms with Gasteiger partial charge < -0.3 is 19.2 Å². The van der Waals surface area contributed by atoms with Crippen LogP contribution in [0.2, 0.25) is 0 Å². The molecule has 0 aliphatic heterocycles. The summed E-state index contributed by atoms with van der Waals surface area (Å²) in [6.45, 7) is 2.42. The molecule has 1 heterocycles. The number of hydrogen-bond donors (Lipinski definition) is 1. The van der Waals surface area contributed by atoms with Crippen molar-refractivity contribution in [2.24, 2.45) is 0 Å². The third-order valence-electron chi connectivity index (χ3n) is 2.63. The Hall–Kier alpha value is -2.27. The molecular formula is C15H17NO4. The number of nitrogens with one attached hydrogen (secondary N) is 1. The maximum atomic E-state index is 11.1. The minimum absolute atomic E-state index is 0.122. The minimum Gasteiger partial charge on any atom is -0.490 e. The molecule has 0 unspecified atom stereocenters. The fourth-order valence-electron chi connectivity index (χ4n) is 1.80. The van der Waals surface area contributed by atoms with Crippen LogP contribution in [0, 0.1) is 0 Å². The zero-order valence-corrected chi connectivity index (χ0v) is 11.5. The topological polar surface area (TPSA) is 60.7 Å². The van der Waals surface area contributed by atoms with Crippen LogP contribution in [0.5, 0.6) is 5.75 Å². The predicted octanol–water partition coefficient (Wildman–Crippen LogP) is 2.93. The molecular weight excluding hydrogens is 258 g/mol. The molecule has 0 radical (unpaired) electrons. The standard InChI is InChI=1S/C15H17NO4/c1-11(17)16-12-5-6-15(20-9-8-18-2)13(10-12)14-4-3-7-19-14/h3-7,10H,8-9H2,1-2H3,(H,16,17). The molecule has 2 aromatic rings. The van der Waals surface area contributed by atoms with Gasteiger partial charge in [-0.15, -0.1) is 0 Å². The summed E-state index contributed by atoms with van der Waals surface area (Å²) in [4.78, 5) is 11.1. The summed E-state index contributed by atoms with van der Waals surface area (Å²) in [5, 5.41) is 2.74. The van der Waals surface area contributed by atoms with Crippen LogP contribution < -0.4 is 10.1 Å². The lowest BCUT2D eigenvalue weighted by Crippen LogP contribution is -2.07. The third kappa shape index (κ3) is 3.61. The van der Waals surface area contributed by atoms with Gasteiger partial charge >= 0.3 is 0 Å². The molecule has 0 saturated heterocycles. The van der Waals surface area contributed by atoms with Crippen molar-refractivity contribution in [3.05, 3.63) is 36.6 Å². The van der Waals surface area contributed by atoms with Crippen molar-refractivity contribution in [3.8, 4) is 17.1 Å². The van der Waals surface area contributed by atoms with E-state index < -0.39 is 0 Å². The van der Waals surface area contributed by atoms with Crippen molar-refractivity contribution >= 4 is 11.6 Å². The second kappa shape index (κ2) is 6.77. The number of carbonyl (C=O) groups is 1. The molecule has 1 N–H and O–H groups in total. The van der Waals surface area contributed by atoms with E-state index in [1.807, 2.05) is 12.1 Å². The van der Waals surface area contributed by atoms with Crippen molar-refractivity contribution in [1.29, 1.82) is 0 Å². The maximum Gasteiger partial charge on any atom is 0.221 e. The summed E-state index contributed by atoms with van der Waals surface area (Å²) >= 11 is 0. The summed E-state index contributed by atoms with van der Waals surface area (Å²) in [6.07, 6.45) is 1.60. The highest BCUT2D eigenvalue weighted by atomic mass is 16.5. The van der Waals surface area contributed by atoms with E-state index in [1.54, 1.807) is 31.6 Å². The lowest BCUT2D eigenvalue weighted by Gasteiger charge is -2.12. The van der Waals surface area contributed by atoms with Gasteiger partial charge in [0.2, 0.25) is 5.91 Å². The predicted molar refractivity (Wildman–Crippen MR) is 75.8 cm³/mol. The van der Waals surface area contributed by atoms with Gasteiger partial charge in [0.15, 0.2) is 0 Å². The van der Waals surface area contributed by atoms with Gasteiger partial charge in [0, 0.05) is 19.7 Å². The van der Waals surface area contributed by atoms with Gasteiger partial charge in [-0.1, -0.05) is 0 Å². The minimum atomic E-state index is -0.122. The Morgan fingerprint density at radius 2 is 2.15 bits per heavy atom. The normalized spacial score (nSPS) is 10.3. The van der Waals surface area contributed by atoms with E-state index in [9.17, 15) is 4.79 Å². The molecule has 1 aromatic heterocycles. The molecule has 0 fully saturated rings. The van der Waals surface area contributed by atoms with Gasteiger partial charge in [0.25, 0.3) is 0 Å². The second-order valence-corrected chi connectivity index (χ2v) is 4.21. The number of ether oxygens (including phenoxy) is 2. The average Bonchev–Trinajstić information content (AvgIpc) is 2.93. The molecule has 5 heteroatoms. The van der Waals surface area contributed by atoms with Gasteiger partial charge in [-0.25, -0.2) is 0 Å². The smallest absolute Gasteiger partial charge is 0.221 e. The quantitative estimate of drug-likeness (QED) is 0.823. The van der Waals surface area contributed by atoms with E-state index in [2.05, 4.69) is 5.32 Å². The van der Waals surface area contributed by atoms with Gasteiger partial charge in [-0.3, -0.25) is 4.79 Å². The summed E-state index contributed by atoms with van der Waals surface area (Å²) in [6, 6.07) is 9.06. The highest BCUT2D eigenvalue weighted by Crippen LogP contribution is 2.33. The molecule has 20 heavy (non-hydrogen) atoms. The first kappa shape index (κ1) is 14.1. The second-order valence-electron chi connectivity index (χ2n) is 4.21. The van der Waals surface area contributed by atoms with Crippen molar-refractivity contribution < 1.29 is 18.7 Å². The van der Waals surface area contributed by atoms with Crippen LogP contribution >= 0.6 is 0 Å². The Morgan fingerprint density at radius 1 is 1.30 bits per heavy atom. The number of benzene rings is 1. The molecule has 0 saturated carbocycles. The van der Waals surface area contributed by atoms with Crippen molar-refractivity contribution in [2.75, 3.05) is 25.6 Å². The first-order valence-corrected chi connectivity index (χ1v) is 6.28. The van der Waals surface area contributed by atoms with Crippen LogP contribution in [0.1, 0.15) is 6.92 Å². The Kier molecular flexibility index (Phi) is 4.79. The molecule has 0 spiro atoms. The molecule has 1 amide bonds. The molecule has 0 aliphatic carbocycles. The first-order chi connectivity index (χ1) is 9.70. The highest BCUT2D eigenvalue weighted by Gasteiger charge is 2.11. The van der Waals surface area contributed by atoms with Crippen LogP contribution in [0.4, 0.5) is 5.69 Å².